The highest BCUT2D eigenvalue weighted by Crippen LogP contribution is 2.46. The minimum Gasteiger partial charge on any atom is -0.308 e. The molecule has 0 amide bonds. The first kappa shape index (κ1) is 18.9. The molecule has 1 rings (SSSR count). The van der Waals surface area contributed by atoms with Crippen molar-refractivity contribution < 1.29 is 22.0 Å². The lowest BCUT2D eigenvalue weighted by atomic mass is 10.4. The van der Waals surface area contributed by atoms with Crippen molar-refractivity contribution in [1.29, 1.82) is 0 Å². The Labute approximate surface area is 134 Å². The first-order chi connectivity index (χ1) is 9.72. The second kappa shape index (κ2) is 7.92. The average Bonchev–Trinajstić information content (AvgIpc) is 2.36. The van der Waals surface area contributed by atoms with Gasteiger partial charge >= 0.3 is 7.60 Å². The molecule has 0 aromatic heterocycles. The van der Waals surface area contributed by atoms with E-state index >= 15 is 0 Å². The molecule has 0 aliphatic heterocycles. The van der Waals surface area contributed by atoms with E-state index < -0.39 is 23.9 Å². The molecule has 1 N–H and O–H groups in total. The fraction of sp³-hybridized carbons (Fsp3) is 0.455. The maximum absolute atomic E-state index is 12.2. The number of hydrogen-bond acceptors (Lipinski definition) is 5. The first-order valence-corrected chi connectivity index (χ1v) is 10.0. The van der Waals surface area contributed by atoms with Crippen molar-refractivity contribution in [2.24, 2.45) is 0 Å². The van der Waals surface area contributed by atoms with Gasteiger partial charge < -0.3 is 9.05 Å². The van der Waals surface area contributed by atoms with Gasteiger partial charge in [-0.15, -0.1) is 0 Å². The van der Waals surface area contributed by atoms with Gasteiger partial charge in [-0.05, 0) is 32.0 Å². The third-order valence-corrected chi connectivity index (χ3v) is 6.13. The van der Waals surface area contributed by atoms with E-state index in [1.54, 1.807) is 13.8 Å². The van der Waals surface area contributed by atoms with Gasteiger partial charge in [-0.2, -0.15) is 4.72 Å². The minimum absolute atomic E-state index is 0.125. The van der Waals surface area contributed by atoms with Crippen LogP contribution >= 0.6 is 30.8 Å². The van der Waals surface area contributed by atoms with E-state index in [1.807, 2.05) is 0 Å². The van der Waals surface area contributed by atoms with Crippen LogP contribution in [-0.4, -0.2) is 27.9 Å². The molecule has 120 valence electrons. The molecule has 10 heteroatoms. The van der Waals surface area contributed by atoms with Crippen LogP contribution in [0.25, 0.3) is 0 Å². The van der Waals surface area contributed by atoms with Crippen LogP contribution in [0.4, 0.5) is 0 Å². The second-order valence-corrected chi connectivity index (χ2v) is 8.55. The van der Waals surface area contributed by atoms with Crippen LogP contribution in [0, 0.1) is 0 Å². The molecule has 0 heterocycles. The van der Waals surface area contributed by atoms with Crippen molar-refractivity contribution >= 4 is 40.8 Å². The summed E-state index contributed by atoms with van der Waals surface area (Å²) in [6.45, 7) is 3.55. The zero-order valence-electron chi connectivity index (χ0n) is 11.5. The molecule has 0 unspecified atom stereocenters. The molecule has 0 atom stereocenters. The van der Waals surface area contributed by atoms with E-state index in [4.69, 9.17) is 32.2 Å². The van der Waals surface area contributed by atoms with Gasteiger partial charge in [-0.1, -0.05) is 23.2 Å². The predicted molar refractivity (Wildman–Crippen MR) is 82.5 cm³/mol. The summed E-state index contributed by atoms with van der Waals surface area (Å²) < 4.78 is 48.7. The molecule has 0 radical (unpaired) electrons. The van der Waals surface area contributed by atoms with E-state index in [2.05, 4.69) is 4.72 Å². The van der Waals surface area contributed by atoms with Crippen LogP contribution in [0.3, 0.4) is 0 Å². The highest BCUT2D eigenvalue weighted by molar-refractivity contribution is 7.89. The number of hydrogen-bond donors (Lipinski definition) is 1. The Morgan fingerprint density at radius 2 is 1.57 bits per heavy atom. The molecule has 0 spiro atoms. The topological polar surface area (TPSA) is 81.7 Å². The van der Waals surface area contributed by atoms with Gasteiger partial charge in [0.25, 0.3) is 0 Å². The summed E-state index contributed by atoms with van der Waals surface area (Å²) in [5.74, 6) is 0. The van der Waals surface area contributed by atoms with Crippen LogP contribution < -0.4 is 4.72 Å². The smallest absolute Gasteiger partial charge is 0.308 e. The lowest BCUT2D eigenvalue weighted by Crippen LogP contribution is -2.26. The quantitative estimate of drug-likeness (QED) is 0.703. The normalized spacial score (nSPS) is 12.6. The lowest BCUT2D eigenvalue weighted by Gasteiger charge is -2.17. The second-order valence-electron chi connectivity index (χ2n) is 3.86. The van der Waals surface area contributed by atoms with Crippen LogP contribution in [0.15, 0.2) is 23.1 Å². The van der Waals surface area contributed by atoms with Gasteiger partial charge in [0.2, 0.25) is 10.0 Å². The van der Waals surface area contributed by atoms with Crippen molar-refractivity contribution in [3.05, 3.63) is 28.2 Å². The summed E-state index contributed by atoms with van der Waals surface area (Å²) in [6.07, 6.45) is -0.471. The maximum atomic E-state index is 12.2. The van der Waals surface area contributed by atoms with Crippen molar-refractivity contribution in [1.82, 2.24) is 4.72 Å². The summed E-state index contributed by atoms with van der Waals surface area (Å²) in [7, 11) is -7.44. The highest BCUT2D eigenvalue weighted by Gasteiger charge is 2.27. The van der Waals surface area contributed by atoms with Crippen LogP contribution in [0.1, 0.15) is 13.8 Å². The van der Waals surface area contributed by atoms with Crippen LogP contribution in [0.2, 0.25) is 10.0 Å². The summed E-state index contributed by atoms with van der Waals surface area (Å²) >= 11 is 11.5. The molecule has 1 aromatic carbocycles. The molecular formula is C11H16Cl2NO5PS. The van der Waals surface area contributed by atoms with Gasteiger partial charge in [-0.3, -0.25) is 4.57 Å². The zero-order chi connectivity index (χ0) is 16.1. The summed E-state index contributed by atoms with van der Waals surface area (Å²) in [6, 6.07) is 3.89. The van der Waals surface area contributed by atoms with E-state index in [0.29, 0.717) is 0 Å². The number of benzene rings is 1. The third kappa shape index (κ3) is 5.87. The summed E-state index contributed by atoms with van der Waals surface area (Å²) in [4.78, 5) is -0.125. The van der Waals surface area contributed by atoms with Gasteiger partial charge in [-0.25, -0.2) is 8.42 Å². The fourth-order valence-electron chi connectivity index (χ4n) is 1.45. The Bertz CT molecular complexity index is 607. The number of rotatable bonds is 8. The third-order valence-electron chi connectivity index (χ3n) is 2.25. The van der Waals surface area contributed by atoms with E-state index in [9.17, 15) is 13.0 Å². The van der Waals surface area contributed by atoms with Crippen molar-refractivity contribution in [3.63, 3.8) is 0 Å². The summed E-state index contributed by atoms with van der Waals surface area (Å²) in [5.41, 5.74) is 0. The Balaban J connectivity index is 2.92. The molecule has 0 fully saturated rings. The molecule has 1 aromatic rings. The Morgan fingerprint density at radius 1 is 1.10 bits per heavy atom. The minimum atomic E-state index is -3.93. The first-order valence-electron chi connectivity index (χ1n) is 6.06. The molecule has 0 bridgehead atoms. The molecule has 0 aliphatic carbocycles. The Kier molecular flexibility index (Phi) is 7.13. The lowest BCUT2D eigenvalue weighted by molar-refractivity contribution is 0.219. The Morgan fingerprint density at radius 3 is 2.00 bits per heavy atom. The zero-order valence-corrected chi connectivity index (χ0v) is 14.7. The van der Waals surface area contributed by atoms with Gasteiger partial charge in [0.15, 0.2) is 0 Å². The van der Waals surface area contributed by atoms with E-state index in [0.717, 1.165) is 0 Å². The maximum Gasteiger partial charge on any atom is 0.345 e. The van der Waals surface area contributed by atoms with Gasteiger partial charge in [0.1, 0.15) is 6.29 Å². The average molecular weight is 376 g/mol. The molecule has 6 nitrogen and oxygen atoms in total. The number of halogens is 2. The van der Waals surface area contributed by atoms with Crippen molar-refractivity contribution in [2.45, 2.75) is 18.7 Å². The number of nitrogens with one attached hydrogen (secondary N) is 1. The monoisotopic (exact) mass is 375 g/mol. The highest BCUT2D eigenvalue weighted by atomic mass is 35.5. The molecule has 0 aliphatic rings. The standard InChI is InChI=1S/C11H16Cl2NO5PS/c1-3-18-20(15,19-4-2)8-14-21(16,17)11-6-9(12)5-10(13)7-11/h5-7,14H,3-4,8H2,1-2H3. The molecular weight excluding hydrogens is 360 g/mol. The SMILES string of the molecule is CCOP(=O)(CNS(=O)(=O)c1cc(Cl)cc(Cl)c1)OCC. The predicted octanol–water partition coefficient (Wildman–Crippen LogP) is 3.50. The van der Waals surface area contributed by atoms with Crippen molar-refractivity contribution in [3.8, 4) is 0 Å². The number of sulfonamides is 1. The summed E-state index contributed by atoms with van der Waals surface area (Å²) in [5, 5.41) is 0.362. The largest absolute Gasteiger partial charge is 0.345 e. The van der Waals surface area contributed by atoms with E-state index in [-0.39, 0.29) is 28.2 Å². The van der Waals surface area contributed by atoms with Gasteiger partial charge in [0.05, 0.1) is 18.1 Å². The van der Waals surface area contributed by atoms with Crippen LogP contribution in [-0.2, 0) is 23.6 Å². The molecule has 21 heavy (non-hydrogen) atoms. The Hall–Kier alpha value is -0.140. The van der Waals surface area contributed by atoms with Crippen molar-refractivity contribution in [2.75, 3.05) is 19.5 Å². The molecule has 0 saturated heterocycles. The van der Waals surface area contributed by atoms with Gasteiger partial charge in [0, 0.05) is 10.0 Å². The molecule has 0 saturated carbocycles. The fourth-order valence-corrected chi connectivity index (χ4v) is 5.20. The van der Waals surface area contributed by atoms with E-state index in [1.165, 1.54) is 18.2 Å². The van der Waals surface area contributed by atoms with Crippen LogP contribution in [0.5, 0.6) is 0 Å².